The van der Waals surface area contributed by atoms with Crippen molar-refractivity contribution in [3.05, 3.63) is 11.1 Å². The van der Waals surface area contributed by atoms with Crippen molar-refractivity contribution in [2.24, 2.45) is 17.8 Å². The molecule has 0 heterocycles. The second-order valence-electron chi connectivity index (χ2n) is 6.79. The third-order valence-electron chi connectivity index (χ3n) is 5.13. The van der Waals surface area contributed by atoms with Crippen LogP contribution in [0, 0.1) is 17.8 Å². The van der Waals surface area contributed by atoms with Crippen molar-refractivity contribution in [2.45, 2.75) is 65.2 Å². The minimum absolute atomic E-state index is 0.0408. The molecule has 0 aromatic heterocycles. The minimum atomic E-state index is -0.939. The Morgan fingerprint density at radius 3 is 2.45 bits per heavy atom. The summed E-state index contributed by atoms with van der Waals surface area (Å²) in [7, 11) is 0. The molecule has 0 aliphatic heterocycles. The Hall–Kier alpha value is -1.32. The first-order valence-corrected chi connectivity index (χ1v) is 8.70. The molecule has 1 N–H and O–H groups in total. The summed E-state index contributed by atoms with van der Waals surface area (Å²) in [5, 5.41) is 9.40. The van der Waals surface area contributed by atoms with E-state index < -0.39 is 5.97 Å². The molecule has 0 amide bonds. The molecule has 2 rings (SSSR count). The Morgan fingerprint density at radius 2 is 1.77 bits per heavy atom. The number of esters is 1. The van der Waals surface area contributed by atoms with E-state index in [1.54, 1.807) is 0 Å². The molecule has 2 aliphatic rings. The SMILES string of the molecule is CCCCCCCCOC(=O)C1=C(C(=O)O)C2CC1CC2C. The molecule has 0 saturated heterocycles. The Morgan fingerprint density at radius 1 is 1.09 bits per heavy atom. The zero-order chi connectivity index (χ0) is 16.1. The van der Waals surface area contributed by atoms with Gasteiger partial charge in [0.15, 0.2) is 0 Å². The normalized spacial score (nSPS) is 26.5. The van der Waals surface area contributed by atoms with E-state index in [-0.39, 0.29) is 17.8 Å². The van der Waals surface area contributed by atoms with Gasteiger partial charge in [0.2, 0.25) is 0 Å². The zero-order valence-corrected chi connectivity index (χ0v) is 13.8. The molecule has 1 fully saturated rings. The maximum Gasteiger partial charge on any atom is 0.334 e. The van der Waals surface area contributed by atoms with Gasteiger partial charge < -0.3 is 9.84 Å². The van der Waals surface area contributed by atoms with Crippen LogP contribution >= 0.6 is 0 Å². The number of fused-ring (bicyclic) bond motifs is 2. The summed E-state index contributed by atoms with van der Waals surface area (Å²) in [6.07, 6.45) is 8.57. The van der Waals surface area contributed by atoms with Gasteiger partial charge in [-0.05, 0) is 37.0 Å². The fourth-order valence-corrected chi connectivity index (χ4v) is 3.98. The number of rotatable bonds is 9. The molecule has 0 aromatic rings. The number of hydrogen-bond donors (Lipinski definition) is 1. The van der Waals surface area contributed by atoms with Gasteiger partial charge in [-0.1, -0.05) is 46.0 Å². The van der Waals surface area contributed by atoms with Crippen molar-refractivity contribution >= 4 is 11.9 Å². The number of carbonyl (C=O) groups excluding carboxylic acids is 1. The largest absolute Gasteiger partial charge is 0.478 e. The minimum Gasteiger partial charge on any atom is -0.478 e. The van der Waals surface area contributed by atoms with Gasteiger partial charge in [0.1, 0.15) is 0 Å². The monoisotopic (exact) mass is 308 g/mol. The molecule has 4 nitrogen and oxygen atoms in total. The van der Waals surface area contributed by atoms with Gasteiger partial charge in [-0.15, -0.1) is 0 Å². The predicted octanol–water partition coefficient (Wildman–Crippen LogP) is 3.95. The van der Waals surface area contributed by atoms with Gasteiger partial charge in [-0.25, -0.2) is 9.59 Å². The van der Waals surface area contributed by atoms with Gasteiger partial charge in [0, 0.05) is 0 Å². The molecule has 1 saturated carbocycles. The molecule has 3 unspecified atom stereocenters. The molecule has 2 bridgehead atoms. The van der Waals surface area contributed by atoms with E-state index in [4.69, 9.17) is 4.74 Å². The van der Waals surface area contributed by atoms with Gasteiger partial charge in [-0.2, -0.15) is 0 Å². The standard InChI is InChI=1S/C18H28O4/c1-3-4-5-6-7-8-9-22-18(21)15-13-10-12(2)14(11-13)16(15)17(19)20/h12-14H,3-11H2,1-2H3,(H,19,20). The first-order valence-electron chi connectivity index (χ1n) is 8.70. The fraction of sp³-hybridized carbons (Fsp3) is 0.778. The number of carboxylic acids is 1. The first-order chi connectivity index (χ1) is 10.6. The van der Waals surface area contributed by atoms with Crippen LogP contribution in [0.3, 0.4) is 0 Å². The second-order valence-corrected chi connectivity index (χ2v) is 6.79. The van der Waals surface area contributed by atoms with Crippen LogP contribution in [0.1, 0.15) is 65.2 Å². The molecule has 3 atom stereocenters. The number of ether oxygens (including phenoxy) is 1. The average molecular weight is 308 g/mol. The maximum absolute atomic E-state index is 12.2. The quantitative estimate of drug-likeness (QED) is 0.517. The summed E-state index contributed by atoms with van der Waals surface area (Å²) in [6.45, 7) is 4.67. The highest BCUT2D eigenvalue weighted by molar-refractivity contribution is 6.01. The van der Waals surface area contributed by atoms with Gasteiger partial charge in [0.25, 0.3) is 0 Å². The van der Waals surface area contributed by atoms with E-state index in [1.807, 2.05) is 0 Å². The lowest BCUT2D eigenvalue weighted by atomic mass is 9.84. The number of carbonyl (C=O) groups is 2. The molecule has 22 heavy (non-hydrogen) atoms. The molecule has 2 aliphatic carbocycles. The van der Waals surface area contributed by atoms with E-state index in [1.165, 1.54) is 25.7 Å². The van der Waals surface area contributed by atoms with Crippen molar-refractivity contribution in [3.8, 4) is 0 Å². The van der Waals surface area contributed by atoms with Crippen molar-refractivity contribution < 1.29 is 19.4 Å². The Bertz CT molecular complexity index is 452. The van der Waals surface area contributed by atoms with Gasteiger partial charge in [0.05, 0.1) is 17.8 Å². The first kappa shape index (κ1) is 17.0. The fourth-order valence-electron chi connectivity index (χ4n) is 3.98. The van der Waals surface area contributed by atoms with Crippen molar-refractivity contribution in [2.75, 3.05) is 6.61 Å². The maximum atomic E-state index is 12.2. The Balaban J connectivity index is 1.82. The Kier molecular flexibility index (Phi) is 6.04. The summed E-state index contributed by atoms with van der Waals surface area (Å²) >= 11 is 0. The number of aliphatic carboxylic acids is 1. The molecule has 0 spiro atoms. The number of carboxylic acid groups (broad SMARTS) is 1. The smallest absolute Gasteiger partial charge is 0.334 e. The molecule has 0 aromatic carbocycles. The summed E-state index contributed by atoms with van der Waals surface area (Å²) in [4.78, 5) is 23.7. The topological polar surface area (TPSA) is 63.6 Å². The van der Waals surface area contributed by atoms with Crippen LogP contribution in [0.2, 0.25) is 0 Å². The van der Waals surface area contributed by atoms with Crippen molar-refractivity contribution in [1.82, 2.24) is 0 Å². The lowest BCUT2D eigenvalue weighted by molar-refractivity contribution is -0.141. The van der Waals surface area contributed by atoms with Crippen molar-refractivity contribution in [1.29, 1.82) is 0 Å². The van der Waals surface area contributed by atoms with E-state index in [0.29, 0.717) is 23.7 Å². The Labute approximate surface area is 132 Å². The third-order valence-corrected chi connectivity index (χ3v) is 5.13. The van der Waals surface area contributed by atoms with Crippen LogP contribution in [-0.2, 0) is 14.3 Å². The van der Waals surface area contributed by atoms with E-state index in [2.05, 4.69) is 13.8 Å². The molecular weight excluding hydrogens is 280 g/mol. The van der Waals surface area contributed by atoms with Gasteiger partial charge in [-0.3, -0.25) is 0 Å². The number of hydrogen-bond acceptors (Lipinski definition) is 3. The van der Waals surface area contributed by atoms with Crippen LogP contribution in [-0.4, -0.2) is 23.7 Å². The summed E-state index contributed by atoms with van der Waals surface area (Å²) < 4.78 is 5.34. The number of unbranched alkanes of at least 4 members (excludes halogenated alkanes) is 5. The van der Waals surface area contributed by atoms with Gasteiger partial charge >= 0.3 is 11.9 Å². The molecule has 124 valence electrons. The average Bonchev–Trinajstić information content (AvgIpc) is 3.02. The third kappa shape index (κ3) is 3.71. The van der Waals surface area contributed by atoms with Crippen LogP contribution in [0.4, 0.5) is 0 Å². The van der Waals surface area contributed by atoms with E-state index in [9.17, 15) is 14.7 Å². The molecular formula is C18H28O4. The lowest BCUT2D eigenvalue weighted by Crippen LogP contribution is -2.23. The highest BCUT2D eigenvalue weighted by Crippen LogP contribution is 2.52. The zero-order valence-electron chi connectivity index (χ0n) is 13.8. The lowest BCUT2D eigenvalue weighted by Gasteiger charge is -2.21. The molecule has 0 radical (unpaired) electrons. The van der Waals surface area contributed by atoms with Crippen LogP contribution in [0.25, 0.3) is 0 Å². The van der Waals surface area contributed by atoms with Crippen molar-refractivity contribution in [3.63, 3.8) is 0 Å². The van der Waals surface area contributed by atoms with Crippen LogP contribution in [0.15, 0.2) is 11.1 Å². The highest BCUT2D eigenvalue weighted by Gasteiger charge is 2.48. The van der Waals surface area contributed by atoms with E-state index in [0.717, 1.165) is 25.7 Å². The van der Waals surface area contributed by atoms with Crippen LogP contribution < -0.4 is 0 Å². The summed E-state index contributed by atoms with van der Waals surface area (Å²) in [5.74, 6) is -0.815. The van der Waals surface area contributed by atoms with E-state index >= 15 is 0 Å². The summed E-state index contributed by atoms with van der Waals surface area (Å²) in [6, 6.07) is 0. The summed E-state index contributed by atoms with van der Waals surface area (Å²) in [5.41, 5.74) is 0.790. The molecule has 4 heteroatoms. The predicted molar refractivity (Wildman–Crippen MR) is 84.4 cm³/mol. The van der Waals surface area contributed by atoms with Crippen LogP contribution in [0.5, 0.6) is 0 Å². The highest BCUT2D eigenvalue weighted by atomic mass is 16.5. The second kappa shape index (κ2) is 7.80.